The zero-order valence-corrected chi connectivity index (χ0v) is 14.3. The number of carbonyl (C=O) groups is 1. The Balaban J connectivity index is 1.66. The maximum absolute atomic E-state index is 12.3. The van der Waals surface area contributed by atoms with Crippen LogP contribution < -0.4 is 10.6 Å². The van der Waals surface area contributed by atoms with Gasteiger partial charge >= 0.3 is 6.03 Å². The third-order valence-electron chi connectivity index (χ3n) is 3.89. The van der Waals surface area contributed by atoms with Gasteiger partial charge in [-0.05, 0) is 33.6 Å². The molecule has 0 bridgehead atoms. The molecule has 0 aliphatic carbocycles. The molecule has 3 heterocycles. The van der Waals surface area contributed by atoms with E-state index < -0.39 is 5.54 Å². The number of carbonyl (C=O) groups excluding carboxylic acids is 1. The van der Waals surface area contributed by atoms with Crippen LogP contribution in [0.4, 0.5) is 10.6 Å². The fraction of sp³-hybridized carbons (Fsp3) is 0.600. The molecule has 0 saturated carbocycles. The number of aromatic nitrogens is 4. The average Bonchev–Trinajstić information content (AvgIpc) is 3.20. The van der Waals surface area contributed by atoms with Gasteiger partial charge in [0.25, 0.3) is 5.89 Å². The van der Waals surface area contributed by atoms with Crippen LogP contribution in [-0.4, -0.2) is 32.6 Å². The highest BCUT2D eigenvalue weighted by atomic mass is 16.5. The Morgan fingerprint density at radius 1 is 1.46 bits per heavy atom. The van der Waals surface area contributed by atoms with Crippen LogP contribution in [0, 0.1) is 6.92 Å². The number of aryl methyl sites for hydroxylation is 2. The molecule has 0 spiro atoms. The summed E-state index contributed by atoms with van der Waals surface area (Å²) in [7, 11) is 1.78. The minimum Gasteiger partial charge on any atom is -0.372 e. The predicted molar refractivity (Wildman–Crippen MR) is 85.4 cm³/mol. The van der Waals surface area contributed by atoms with Gasteiger partial charge in [-0.2, -0.15) is 10.1 Å². The van der Waals surface area contributed by atoms with Crippen molar-refractivity contribution < 1.29 is 14.1 Å². The molecule has 1 aliphatic rings. The standard InChI is InChI=1S/C15H22N6O3/c1-9-16-13(24-20-9)15(2,3)18-14(22)17-12-8-10(19-21(12)4)11-6-5-7-23-11/h8,11H,5-7H2,1-4H3,(H2,17,18,22). The molecule has 1 saturated heterocycles. The minimum atomic E-state index is -0.790. The van der Waals surface area contributed by atoms with Crippen LogP contribution >= 0.6 is 0 Å². The summed E-state index contributed by atoms with van der Waals surface area (Å²) in [4.78, 5) is 16.5. The molecule has 2 aromatic rings. The molecule has 130 valence electrons. The molecule has 0 radical (unpaired) electrons. The maximum Gasteiger partial charge on any atom is 0.321 e. The molecule has 1 unspecified atom stereocenters. The smallest absolute Gasteiger partial charge is 0.321 e. The predicted octanol–water partition coefficient (Wildman–Crippen LogP) is 2.02. The molecule has 2 aromatic heterocycles. The van der Waals surface area contributed by atoms with Gasteiger partial charge in [-0.15, -0.1) is 0 Å². The van der Waals surface area contributed by atoms with Crippen molar-refractivity contribution in [3.05, 3.63) is 23.5 Å². The summed E-state index contributed by atoms with van der Waals surface area (Å²) in [5.74, 6) is 1.46. The lowest BCUT2D eigenvalue weighted by atomic mass is 10.1. The average molecular weight is 334 g/mol. The first-order valence-electron chi connectivity index (χ1n) is 7.90. The quantitative estimate of drug-likeness (QED) is 0.886. The zero-order chi connectivity index (χ0) is 17.3. The van der Waals surface area contributed by atoms with Crippen LogP contribution in [0.25, 0.3) is 0 Å². The fourth-order valence-electron chi connectivity index (χ4n) is 2.61. The van der Waals surface area contributed by atoms with E-state index >= 15 is 0 Å². The Kier molecular flexibility index (Phi) is 4.27. The normalized spacial score (nSPS) is 17.9. The van der Waals surface area contributed by atoms with Crippen molar-refractivity contribution in [1.82, 2.24) is 25.2 Å². The number of hydrogen-bond donors (Lipinski definition) is 2. The SMILES string of the molecule is Cc1noc(C(C)(C)NC(=O)Nc2cc(C3CCCO3)nn2C)n1. The van der Waals surface area contributed by atoms with Crippen LogP contribution in [0.2, 0.25) is 0 Å². The van der Waals surface area contributed by atoms with Crippen molar-refractivity contribution in [1.29, 1.82) is 0 Å². The van der Waals surface area contributed by atoms with Gasteiger partial charge in [0.2, 0.25) is 0 Å². The molecule has 1 fully saturated rings. The first-order chi connectivity index (χ1) is 11.3. The summed E-state index contributed by atoms with van der Waals surface area (Å²) < 4.78 is 12.4. The van der Waals surface area contributed by atoms with Gasteiger partial charge < -0.3 is 14.6 Å². The number of ether oxygens (including phenoxy) is 1. The number of anilines is 1. The monoisotopic (exact) mass is 334 g/mol. The van der Waals surface area contributed by atoms with Crippen molar-refractivity contribution in [3.8, 4) is 0 Å². The van der Waals surface area contributed by atoms with Gasteiger partial charge in [-0.3, -0.25) is 10.00 Å². The summed E-state index contributed by atoms with van der Waals surface area (Å²) >= 11 is 0. The van der Waals surface area contributed by atoms with Crippen molar-refractivity contribution >= 4 is 11.8 Å². The molecular weight excluding hydrogens is 312 g/mol. The van der Waals surface area contributed by atoms with E-state index in [0.717, 1.165) is 25.1 Å². The summed E-state index contributed by atoms with van der Waals surface area (Å²) in [6.07, 6.45) is 1.99. The van der Waals surface area contributed by atoms with Crippen LogP contribution in [0.3, 0.4) is 0 Å². The summed E-state index contributed by atoms with van der Waals surface area (Å²) in [5.41, 5.74) is 0.0403. The molecule has 2 N–H and O–H groups in total. The maximum atomic E-state index is 12.3. The molecular formula is C15H22N6O3. The van der Waals surface area contributed by atoms with Crippen LogP contribution in [0.1, 0.15) is 50.2 Å². The second-order valence-electron chi connectivity index (χ2n) is 6.43. The molecule has 9 heteroatoms. The van der Waals surface area contributed by atoms with Gasteiger partial charge in [0.15, 0.2) is 5.82 Å². The highest BCUT2D eigenvalue weighted by Crippen LogP contribution is 2.29. The summed E-state index contributed by atoms with van der Waals surface area (Å²) in [6.45, 7) is 6.06. The number of hydrogen-bond acceptors (Lipinski definition) is 6. The lowest BCUT2D eigenvalue weighted by Crippen LogP contribution is -2.43. The number of nitrogens with zero attached hydrogens (tertiary/aromatic N) is 4. The van der Waals surface area contributed by atoms with Crippen molar-refractivity contribution in [2.75, 3.05) is 11.9 Å². The number of nitrogens with one attached hydrogen (secondary N) is 2. The van der Waals surface area contributed by atoms with Crippen LogP contribution in [0.15, 0.2) is 10.6 Å². The highest BCUT2D eigenvalue weighted by Gasteiger charge is 2.30. The Morgan fingerprint density at radius 3 is 2.88 bits per heavy atom. The second kappa shape index (κ2) is 6.23. The van der Waals surface area contributed by atoms with Gasteiger partial charge in [0.05, 0.1) is 5.69 Å². The zero-order valence-electron chi connectivity index (χ0n) is 14.3. The van der Waals surface area contributed by atoms with E-state index in [4.69, 9.17) is 9.26 Å². The lowest BCUT2D eigenvalue weighted by Gasteiger charge is -2.21. The molecule has 24 heavy (non-hydrogen) atoms. The molecule has 2 amide bonds. The number of amides is 2. The Labute approximate surface area is 139 Å². The van der Waals surface area contributed by atoms with E-state index in [1.807, 2.05) is 6.07 Å². The third-order valence-corrected chi connectivity index (χ3v) is 3.89. The van der Waals surface area contributed by atoms with E-state index in [1.165, 1.54) is 0 Å². The largest absolute Gasteiger partial charge is 0.372 e. The van der Waals surface area contributed by atoms with Crippen molar-refractivity contribution in [2.24, 2.45) is 7.05 Å². The molecule has 1 atom stereocenters. The summed E-state index contributed by atoms with van der Waals surface area (Å²) in [5, 5.41) is 13.8. The minimum absolute atomic E-state index is 0.00706. The summed E-state index contributed by atoms with van der Waals surface area (Å²) in [6, 6.07) is 1.46. The number of rotatable bonds is 4. The fourth-order valence-corrected chi connectivity index (χ4v) is 2.61. The first kappa shape index (κ1) is 16.4. The topological polar surface area (TPSA) is 107 Å². The molecule has 9 nitrogen and oxygen atoms in total. The van der Waals surface area contributed by atoms with E-state index in [1.54, 1.807) is 32.5 Å². The molecule has 0 aromatic carbocycles. The van der Waals surface area contributed by atoms with Crippen LogP contribution in [0.5, 0.6) is 0 Å². The molecule has 3 rings (SSSR count). The van der Waals surface area contributed by atoms with Gasteiger partial charge in [0, 0.05) is 19.7 Å². The van der Waals surface area contributed by atoms with Crippen LogP contribution in [-0.2, 0) is 17.3 Å². The Hall–Kier alpha value is -2.42. The third kappa shape index (κ3) is 3.40. The lowest BCUT2D eigenvalue weighted by molar-refractivity contribution is 0.108. The Morgan fingerprint density at radius 2 is 2.25 bits per heavy atom. The number of urea groups is 1. The molecule has 1 aliphatic heterocycles. The van der Waals surface area contributed by atoms with E-state index in [2.05, 4.69) is 25.9 Å². The van der Waals surface area contributed by atoms with E-state index in [0.29, 0.717) is 17.5 Å². The van der Waals surface area contributed by atoms with Crippen molar-refractivity contribution in [2.45, 2.75) is 45.3 Å². The highest BCUT2D eigenvalue weighted by molar-refractivity contribution is 5.88. The first-order valence-corrected chi connectivity index (χ1v) is 7.90. The van der Waals surface area contributed by atoms with Crippen molar-refractivity contribution in [3.63, 3.8) is 0 Å². The van der Waals surface area contributed by atoms with E-state index in [-0.39, 0.29) is 12.1 Å². The Bertz CT molecular complexity index is 729. The van der Waals surface area contributed by atoms with E-state index in [9.17, 15) is 4.79 Å². The van der Waals surface area contributed by atoms with Gasteiger partial charge in [0.1, 0.15) is 17.5 Å². The van der Waals surface area contributed by atoms with Gasteiger partial charge in [-0.1, -0.05) is 5.16 Å². The second-order valence-corrected chi connectivity index (χ2v) is 6.43. The van der Waals surface area contributed by atoms with Gasteiger partial charge in [-0.25, -0.2) is 4.79 Å².